The Morgan fingerprint density at radius 3 is 1.76 bits per heavy atom. The largest absolute Gasteiger partial charge is 0.505 e. The molecule has 0 spiro atoms. The number of carbonyl (C=O) groups is 1. The van der Waals surface area contributed by atoms with Gasteiger partial charge in [0.05, 0.1) is 6.61 Å². The highest BCUT2D eigenvalue weighted by molar-refractivity contribution is 5.89. The molecule has 0 aromatic heterocycles. The summed E-state index contributed by atoms with van der Waals surface area (Å²) in [5.74, 6) is -2.78. The summed E-state index contributed by atoms with van der Waals surface area (Å²) in [4.78, 5) is 10.5. The van der Waals surface area contributed by atoms with E-state index in [1.807, 2.05) is 0 Å². The summed E-state index contributed by atoms with van der Waals surface area (Å²) < 4.78 is 4.32. The molecular weight excluding hydrogens is 248 g/mol. The van der Waals surface area contributed by atoms with Crippen LogP contribution in [0.4, 0.5) is 0 Å². The molecule has 0 radical (unpaired) electrons. The van der Waals surface area contributed by atoms with Crippen molar-refractivity contribution in [2.45, 2.75) is 12.2 Å². The average Bonchev–Trinajstić information content (AvgIpc) is 2.32. The Labute approximate surface area is 94.7 Å². The molecule has 0 saturated heterocycles. The smallest absolute Gasteiger partial charge is 0.377 e. The van der Waals surface area contributed by atoms with Gasteiger partial charge < -0.3 is 52.5 Å². The van der Waals surface area contributed by atoms with Gasteiger partial charge in [-0.25, -0.2) is 4.79 Å². The molecule has 0 amide bonds. The minimum atomic E-state index is -1.42. The normalized spacial score (nSPS) is 18.2. The summed E-state index contributed by atoms with van der Waals surface area (Å²) in [5, 5.41) is 35.0. The second-order valence-electron chi connectivity index (χ2n) is 2.31. The third-order valence-corrected chi connectivity index (χ3v) is 1.48. The lowest BCUT2D eigenvalue weighted by Gasteiger charge is -2.13. The molecular formula is C6H18O11. The van der Waals surface area contributed by atoms with Gasteiger partial charge in [0, 0.05) is 0 Å². The van der Waals surface area contributed by atoms with Gasteiger partial charge in [-0.3, -0.25) is 0 Å². The Balaban J connectivity index is -0.0000000960. The molecule has 0 saturated carbocycles. The van der Waals surface area contributed by atoms with Crippen LogP contribution in [0.2, 0.25) is 0 Å². The molecule has 108 valence electrons. The molecule has 0 bridgehead atoms. The summed E-state index contributed by atoms with van der Waals surface area (Å²) in [6.07, 6.45) is -2.78. The number of rotatable bonds is 2. The Morgan fingerprint density at radius 1 is 1.12 bits per heavy atom. The number of aliphatic hydroxyl groups excluding tert-OH is 4. The molecule has 14 N–H and O–H groups in total. The molecule has 0 aromatic carbocycles. The molecule has 2 atom stereocenters. The van der Waals surface area contributed by atoms with Crippen LogP contribution in [0.25, 0.3) is 0 Å². The number of hydrogen-bond donors (Lipinski definition) is 4. The Bertz CT molecular complexity index is 236. The summed E-state index contributed by atoms with van der Waals surface area (Å²) in [7, 11) is 0. The zero-order valence-electron chi connectivity index (χ0n) is 8.47. The predicted molar refractivity (Wildman–Crippen MR) is 53.3 cm³/mol. The third-order valence-electron chi connectivity index (χ3n) is 1.48. The monoisotopic (exact) mass is 266 g/mol. The van der Waals surface area contributed by atoms with Crippen molar-refractivity contribution < 1.29 is 57.3 Å². The Hall–Kier alpha value is -1.47. The van der Waals surface area contributed by atoms with Crippen LogP contribution in [0.5, 0.6) is 0 Å². The molecule has 0 unspecified atom stereocenters. The SMILES string of the molecule is O.O.O.O.O.O=C1O[C@H]([C@@H](O)CO)C(O)=C1O. The highest BCUT2D eigenvalue weighted by atomic mass is 16.6. The first-order valence-electron chi connectivity index (χ1n) is 3.20. The van der Waals surface area contributed by atoms with E-state index < -0.39 is 36.3 Å². The standard InChI is InChI=1S/C6H8O6.5H2O/c7-1-2(8)5-3(9)4(10)6(11)12-5;;;;;/h2,5,7-10H,1H2;5*1H2/t2-,5+;;;;;/m0...../s1. The molecule has 11 heteroatoms. The van der Waals surface area contributed by atoms with E-state index in [4.69, 9.17) is 20.4 Å². The van der Waals surface area contributed by atoms with Crippen LogP contribution < -0.4 is 0 Å². The van der Waals surface area contributed by atoms with Crippen LogP contribution in [-0.2, 0) is 9.53 Å². The van der Waals surface area contributed by atoms with Crippen molar-refractivity contribution in [1.82, 2.24) is 0 Å². The first-order chi connectivity index (χ1) is 5.57. The van der Waals surface area contributed by atoms with Crippen molar-refractivity contribution in [3.8, 4) is 0 Å². The molecule has 1 aliphatic heterocycles. The predicted octanol–water partition coefficient (Wildman–Crippen LogP) is -5.53. The maximum Gasteiger partial charge on any atom is 0.377 e. The fourth-order valence-electron chi connectivity index (χ4n) is 0.823. The van der Waals surface area contributed by atoms with E-state index in [1.165, 1.54) is 0 Å². The van der Waals surface area contributed by atoms with Gasteiger partial charge >= 0.3 is 5.97 Å². The van der Waals surface area contributed by atoms with Crippen molar-refractivity contribution in [3.63, 3.8) is 0 Å². The zero-order valence-corrected chi connectivity index (χ0v) is 8.47. The molecule has 11 nitrogen and oxygen atoms in total. The highest BCUT2D eigenvalue weighted by Crippen LogP contribution is 2.20. The highest BCUT2D eigenvalue weighted by Gasteiger charge is 2.38. The maximum atomic E-state index is 10.5. The minimum absolute atomic E-state index is 0. The van der Waals surface area contributed by atoms with Crippen molar-refractivity contribution in [3.05, 3.63) is 11.5 Å². The van der Waals surface area contributed by atoms with Gasteiger partial charge in [0.1, 0.15) is 6.10 Å². The lowest BCUT2D eigenvalue weighted by Crippen LogP contribution is -2.31. The van der Waals surface area contributed by atoms with E-state index in [1.54, 1.807) is 0 Å². The number of ether oxygens (including phenoxy) is 1. The fraction of sp³-hybridized carbons (Fsp3) is 0.500. The number of esters is 1. The van der Waals surface area contributed by atoms with E-state index in [-0.39, 0.29) is 27.4 Å². The van der Waals surface area contributed by atoms with E-state index in [2.05, 4.69) is 4.74 Å². The topological polar surface area (TPSA) is 265 Å². The van der Waals surface area contributed by atoms with Crippen LogP contribution in [0, 0.1) is 0 Å². The Kier molecular flexibility index (Phi) is 19.2. The zero-order chi connectivity index (χ0) is 9.30. The van der Waals surface area contributed by atoms with Crippen molar-refractivity contribution in [2.75, 3.05) is 6.61 Å². The van der Waals surface area contributed by atoms with Crippen LogP contribution in [0.1, 0.15) is 0 Å². The van der Waals surface area contributed by atoms with E-state index in [0.717, 1.165) is 0 Å². The van der Waals surface area contributed by atoms with Crippen LogP contribution in [-0.4, -0.2) is 72.6 Å². The van der Waals surface area contributed by atoms with Gasteiger partial charge in [-0.1, -0.05) is 0 Å². The van der Waals surface area contributed by atoms with Gasteiger partial charge in [-0.15, -0.1) is 0 Å². The minimum Gasteiger partial charge on any atom is -0.505 e. The number of hydrogen-bond acceptors (Lipinski definition) is 6. The van der Waals surface area contributed by atoms with Gasteiger partial charge in [0.2, 0.25) is 5.76 Å². The van der Waals surface area contributed by atoms with Crippen molar-refractivity contribution >= 4 is 5.97 Å². The number of aliphatic hydroxyl groups is 4. The number of carbonyl (C=O) groups excluding carboxylic acids is 1. The Morgan fingerprint density at radius 2 is 1.53 bits per heavy atom. The summed E-state index contributed by atoms with van der Waals surface area (Å²) >= 11 is 0. The van der Waals surface area contributed by atoms with Gasteiger partial charge in [-0.05, 0) is 0 Å². The van der Waals surface area contributed by atoms with Crippen LogP contribution in [0.15, 0.2) is 11.5 Å². The third kappa shape index (κ3) is 5.41. The van der Waals surface area contributed by atoms with Crippen molar-refractivity contribution in [1.29, 1.82) is 0 Å². The summed E-state index contributed by atoms with van der Waals surface area (Å²) in [6.45, 7) is -0.671. The lowest BCUT2D eigenvalue weighted by molar-refractivity contribution is -0.147. The van der Waals surface area contributed by atoms with Gasteiger partial charge in [-0.2, -0.15) is 0 Å². The number of cyclic esters (lactones) is 1. The van der Waals surface area contributed by atoms with Gasteiger partial charge in [0.15, 0.2) is 11.9 Å². The summed E-state index contributed by atoms with van der Waals surface area (Å²) in [5.41, 5.74) is 0. The second kappa shape index (κ2) is 11.0. The molecule has 0 aliphatic carbocycles. The molecule has 1 heterocycles. The van der Waals surface area contributed by atoms with Gasteiger partial charge in [0.25, 0.3) is 0 Å². The molecule has 0 fully saturated rings. The van der Waals surface area contributed by atoms with Crippen LogP contribution in [0.3, 0.4) is 0 Å². The van der Waals surface area contributed by atoms with E-state index in [9.17, 15) is 4.79 Å². The second-order valence-corrected chi connectivity index (χ2v) is 2.31. The molecule has 17 heavy (non-hydrogen) atoms. The lowest BCUT2D eigenvalue weighted by atomic mass is 10.2. The first kappa shape index (κ1) is 29.6. The average molecular weight is 266 g/mol. The summed E-state index contributed by atoms with van der Waals surface area (Å²) in [6, 6.07) is 0. The van der Waals surface area contributed by atoms with Crippen molar-refractivity contribution in [2.24, 2.45) is 0 Å². The quantitative estimate of drug-likeness (QED) is 0.353. The van der Waals surface area contributed by atoms with E-state index >= 15 is 0 Å². The fourth-order valence-corrected chi connectivity index (χ4v) is 0.823. The molecule has 1 rings (SSSR count). The molecule has 1 aliphatic rings. The van der Waals surface area contributed by atoms with E-state index in [0.29, 0.717) is 0 Å². The molecule has 0 aromatic rings. The first-order valence-corrected chi connectivity index (χ1v) is 3.20. The maximum absolute atomic E-state index is 10.5. The van der Waals surface area contributed by atoms with Crippen LogP contribution >= 0.6 is 0 Å².